The third-order valence-electron chi connectivity index (χ3n) is 1.35. The summed E-state index contributed by atoms with van der Waals surface area (Å²) in [7, 11) is 0. The molecule has 4 nitrogen and oxygen atoms in total. The first-order valence-electron chi connectivity index (χ1n) is 4.37. The quantitative estimate of drug-likeness (QED) is 0.418. The minimum absolute atomic E-state index is 0.0165. The molecule has 0 heterocycles. The lowest BCUT2D eigenvalue weighted by Gasteiger charge is -2.03. The van der Waals surface area contributed by atoms with Gasteiger partial charge >= 0.3 is 0 Å². The van der Waals surface area contributed by atoms with E-state index >= 15 is 0 Å². The van der Waals surface area contributed by atoms with E-state index in [4.69, 9.17) is 9.84 Å². The summed E-state index contributed by atoms with van der Waals surface area (Å²) >= 11 is 0. The smallest absolute Gasteiger partial charge is 0.223 e. The van der Waals surface area contributed by atoms with Gasteiger partial charge in [-0.25, -0.2) is 0 Å². The molecule has 0 radical (unpaired) electrons. The fourth-order valence-electron chi connectivity index (χ4n) is 0.772. The van der Waals surface area contributed by atoms with Crippen LogP contribution in [0, 0.1) is 0 Å². The molecule has 0 unspecified atom stereocenters. The van der Waals surface area contributed by atoms with Gasteiger partial charge in [-0.2, -0.15) is 0 Å². The number of aliphatic hydroxyl groups is 1. The van der Waals surface area contributed by atoms with Crippen LogP contribution in [0.25, 0.3) is 0 Å². The third kappa shape index (κ3) is 9.04. The zero-order valence-corrected chi connectivity index (χ0v) is 7.79. The Morgan fingerprint density at radius 1 is 1.54 bits per heavy atom. The maximum Gasteiger partial charge on any atom is 0.223 e. The van der Waals surface area contributed by atoms with Gasteiger partial charge in [0, 0.05) is 19.6 Å². The van der Waals surface area contributed by atoms with Gasteiger partial charge in [-0.3, -0.25) is 4.79 Å². The molecule has 13 heavy (non-hydrogen) atoms. The Morgan fingerprint density at radius 2 is 2.31 bits per heavy atom. The lowest BCUT2D eigenvalue weighted by molar-refractivity contribution is -0.120. The van der Waals surface area contributed by atoms with Gasteiger partial charge in [0.05, 0.1) is 13.2 Å². The Balaban J connectivity index is 3.06. The van der Waals surface area contributed by atoms with Gasteiger partial charge in [-0.1, -0.05) is 6.08 Å². The molecule has 0 atom stereocenters. The largest absolute Gasteiger partial charge is 0.394 e. The van der Waals surface area contributed by atoms with Crippen molar-refractivity contribution >= 4 is 5.91 Å². The lowest BCUT2D eigenvalue weighted by Crippen LogP contribution is -2.24. The third-order valence-corrected chi connectivity index (χ3v) is 1.35. The summed E-state index contributed by atoms with van der Waals surface area (Å²) in [6.07, 6.45) is 2.69. The van der Waals surface area contributed by atoms with E-state index in [0.29, 0.717) is 26.2 Å². The van der Waals surface area contributed by atoms with Gasteiger partial charge in [0.25, 0.3) is 0 Å². The van der Waals surface area contributed by atoms with Crippen LogP contribution in [0.5, 0.6) is 0 Å². The minimum Gasteiger partial charge on any atom is -0.394 e. The summed E-state index contributed by atoms with van der Waals surface area (Å²) in [4.78, 5) is 10.9. The van der Waals surface area contributed by atoms with Crippen molar-refractivity contribution in [3.05, 3.63) is 12.7 Å². The molecule has 0 rings (SSSR count). The van der Waals surface area contributed by atoms with Crippen molar-refractivity contribution in [2.75, 3.05) is 26.4 Å². The number of ether oxygens (including phenoxy) is 1. The van der Waals surface area contributed by atoms with Crippen LogP contribution in [-0.4, -0.2) is 37.4 Å². The number of hydrogen-bond acceptors (Lipinski definition) is 3. The fourth-order valence-corrected chi connectivity index (χ4v) is 0.772. The Bertz CT molecular complexity index is 148. The normalized spacial score (nSPS) is 9.62. The first-order chi connectivity index (χ1) is 6.31. The van der Waals surface area contributed by atoms with Crippen LogP contribution in [0.3, 0.4) is 0 Å². The molecule has 0 aromatic rings. The van der Waals surface area contributed by atoms with Crippen LogP contribution in [0.2, 0.25) is 0 Å². The van der Waals surface area contributed by atoms with E-state index in [1.54, 1.807) is 6.08 Å². The van der Waals surface area contributed by atoms with Gasteiger partial charge in [-0.15, -0.1) is 6.58 Å². The van der Waals surface area contributed by atoms with Crippen LogP contribution in [-0.2, 0) is 9.53 Å². The van der Waals surface area contributed by atoms with Gasteiger partial charge in [0.15, 0.2) is 0 Å². The first kappa shape index (κ1) is 12.1. The number of nitrogens with one attached hydrogen (secondary N) is 1. The summed E-state index contributed by atoms with van der Waals surface area (Å²) in [6, 6.07) is 0. The molecule has 0 saturated heterocycles. The Hall–Kier alpha value is -0.870. The van der Waals surface area contributed by atoms with Gasteiger partial charge in [0.2, 0.25) is 5.91 Å². The van der Waals surface area contributed by atoms with Gasteiger partial charge in [0.1, 0.15) is 0 Å². The molecule has 0 saturated carbocycles. The predicted molar refractivity (Wildman–Crippen MR) is 50.3 cm³/mol. The highest BCUT2D eigenvalue weighted by atomic mass is 16.5. The molecule has 0 aliphatic rings. The average molecular weight is 187 g/mol. The van der Waals surface area contributed by atoms with E-state index in [1.807, 2.05) is 0 Å². The van der Waals surface area contributed by atoms with Crippen molar-refractivity contribution < 1.29 is 14.6 Å². The minimum atomic E-state index is -0.0165. The molecule has 4 heteroatoms. The molecule has 0 spiro atoms. The number of hydrogen-bond donors (Lipinski definition) is 2. The molecule has 1 amide bonds. The van der Waals surface area contributed by atoms with Crippen molar-refractivity contribution in [3.8, 4) is 0 Å². The van der Waals surface area contributed by atoms with Crippen molar-refractivity contribution in [2.45, 2.75) is 12.8 Å². The highest BCUT2D eigenvalue weighted by Gasteiger charge is 1.95. The van der Waals surface area contributed by atoms with E-state index in [9.17, 15) is 4.79 Å². The van der Waals surface area contributed by atoms with Crippen molar-refractivity contribution in [2.24, 2.45) is 0 Å². The zero-order valence-electron chi connectivity index (χ0n) is 7.79. The molecule has 0 aromatic carbocycles. The Labute approximate surface area is 78.6 Å². The summed E-state index contributed by atoms with van der Waals surface area (Å²) in [5, 5.41) is 11.1. The molecular weight excluding hydrogens is 170 g/mol. The molecule has 76 valence electrons. The molecule has 0 aromatic heterocycles. The SMILES string of the molecule is C=CCC(=O)NCCCOCCO. The van der Waals surface area contributed by atoms with Crippen molar-refractivity contribution in [1.82, 2.24) is 5.32 Å². The van der Waals surface area contributed by atoms with E-state index < -0.39 is 0 Å². The Kier molecular flexibility index (Phi) is 8.60. The first-order valence-corrected chi connectivity index (χ1v) is 4.37. The van der Waals surface area contributed by atoms with E-state index in [1.165, 1.54) is 0 Å². The van der Waals surface area contributed by atoms with Gasteiger partial charge in [-0.05, 0) is 6.42 Å². The molecule has 0 bridgehead atoms. The van der Waals surface area contributed by atoms with E-state index in [0.717, 1.165) is 6.42 Å². The van der Waals surface area contributed by atoms with Gasteiger partial charge < -0.3 is 15.2 Å². The summed E-state index contributed by atoms with van der Waals surface area (Å²) in [5.41, 5.74) is 0. The van der Waals surface area contributed by atoms with E-state index in [-0.39, 0.29) is 12.5 Å². The van der Waals surface area contributed by atoms with Crippen molar-refractivity contribution in [3.63, 3.8) is 0 Å². The predicted octanol–water partition coefficient (Wildman–Crippen LogP) is 0.0777. The van der Waals surface area contributed by atoms with Crippen LogP contribution < -0.4 is 5.32 Å². The number of carbonyl (C=O) groups excluding carboxylic acids is 1. The topological polar surface area (TPSA) is 58.6 Å². The molecular formula is C9H17NO3. The molecule has 0 aliphatic heterocycles. The number of carbonyl (C=O) groups is 1. The highest BCUT2D eigenvalue weighted by molar-refractivity contribution is 5.77. The molecule has 0 fully saturated rings. The lowest BCUT2D eigenvalue weighted by atomic mass is 10.4. The highest BCUT2D eigenvalue weighted by Crippen LogP contribution is 1.83. The second-order valence-electron chi connectivity index (χ2n) is 2.53. The van der Waals surface area contributed by atoms with Crippen LogP contribution in [0.1, 0.15) is 12.8 Å². The van der Waals surface area contributed by atoms with Crippen LogP contribution in [0.4, 0.5) is 0 Å². The number of aliphatic hydroxyl groups excluding tert-OH is 1. The summed E-state index contributed by atoms with van der Waals surface area (Å²) < 4.78 is 5.00. The Morgan fingerprint density at radius 3 is 2.92 bits per heavy atom. The summed E-state index contributed by atoms with van der Waals surface area (Å²) in [5.74, 6) is -0.0165. The standard InChI is InChI=1S/C9H17NO3/c1-2-4-9(12)10-5-3-7-13-8-6-11/h2,11H,1,3-8H2,(H,10,12). The fraction of sp³-hybridized carbons (Fsp3) is 0.667. The maximum absolute atomic E-state index is 10.9. The monoisotopic (exact) mass is 187 g/mol. The zero-order chi connectivity index (χ0) is 9.94. The van der Waals surface area contributed by atoms with E-state index in [2.05, 4.69) is 11.9 Å². The van der Waals surface area contributed by atoms with Crippen LogP contribution >= 0.6 is 0 Å². The number of amides is 1. The van der Waals surface area contributed by atoms with Crippen molar-refractivity contribution in [1.29, 1.82) is 0 Å². The average Bonchev–Trinajstić information content (AvgIpc) is 2.11. The second-order valence-corrected chi connectivity index (χ2v) is 2.53. The second kappa shape index (κ2) is 9.22. The van der Waals surface area contributed by atoms with Crippen LogP contribution in [0.15, 0.2) is 12.7 Å². The molecule has 2 N–H and O–H groups in total. The number of rotatable bonds is 8. The summed E-state index contributed by atoms with van der Waals surface area (Å²) in [6.45, 7) is 5.04. The maximum atomic E-state index is 10.9. The molecule has 0 aliphatic carbocycles.